The second-order valence-electron chi connectivity index (χ2n) is 6.88. The van der Waals surface area contributed by atoms with Crippen LogP contribution in [0.3, 0.4) is 0 Å². The molecule has 3 N–H and O–H groups in total. The molecule has 0 radical (unpaired) electrons. The summed E-state index contributed by atoms with van der Waals surface area (Å²) in [6.45, 7) is 1.40. The fraction of sp³-hybridized carbons (Fsp3) is 0.273. The average molecular weight is 505 g/mol. The zero-order valence-corrected chi connectivity index (χ0v) is 19.4. The number of benzene rings is 2. The van der Waals surface area contributed by atoms with Gasteiger partial charge in [0.2, 0.25) is 0 Å². The van der Waals surface area contributed by atoms with Crippen LogP contribution in [-0.2, 0) is 13.0 Å². The van der Waals surface area contributed by atoms with Crippen LogP contribution in [0.2, 0.25) is 0 Å². The second kappa shape index (κ2) is 10.8. The highest BCUT2D eigenvalue weighted by Crippen LogP contribution is 2.14. The van der Waals surface area contributed by atoms with Crippen LogP contribution in [0.15, 0.2) is 59.6 Å². The molecule has 0 unspecified atom stereocenters. The van der Waals surface area contributed by atoms with Crippen LogP contribution in [0.25, 0.3) is 10.9 Å². The van der Waals surface area contributed by atoms with Crippen LogP contribution < -0.4 is 10.6 Å². The summed E-state index contributed by atoms with van der Waals surface area (Å²) in [6.07, 6.45) is 0.807. The number of hydrogen-bond acceptors (Lipinski definition) is 2. The number of hydrogen-bond donors (Lipinski definition) is 3. The van der Waals surface area contributed by atoms with E-state index in [0.29, 0.717) is 12.1 Å². The molecule has 1 aromatic heterocycles. The van der Waals surface area contributed by atoms with Gasteiger partial charge >= 0.3 is 0 Å². The summed E-state index contributed by atoms with van der Waals surface area (Å²) in [4.78, 5) is 21.4. The number of para-hydroxylation sites is 1. The number of halogens is 1. The van der Waals surface area contributed by atoms with Crippen LogP contribution in [0.4, 0.5) is 0 Å². The van der Waals surface area contributed by atoms with E-state index in [9.17, 15) is 4.79 Å². The van der Waals surface area contributed by atoms with Crippen molar-refractivity contribution in [2.75, 3.05) is 27.7 Å². The summed E-state index contributed by atoms with van der Waals surface area (Å²) < 4.78 is 0. The molecular formula is C22H28IN5O. The van der Waals surface area contributed by atoms with Crippen molar-refractivity contribution in [3.05, 3.63) is 71.4 Å². The topological polar surface area (TPSA) is 72.5 Å². The highest BCUT2D eigenvalue weighted by atomic mass is 127. The summed E-state index contributed by atoms with van der Waals surface area (Å²) >= 11 is 0. The van der Waals surface area contributed by atoms with Gasteiger partial charge in [-0.15, -0.1) is 24.0 Å². The van der Waals surface area contributed by atoms with E-state index in [1.54, 1.807) is 26.0 Å². The monoisotopic (exact) mass is 505 g/mol. The van der Waals surface area contributed by atoms with E-state index in [1.165, 1.54) is 5.39 Å². The second-order valence-corrected chi connectivity index (χ2v) is 6.88. The Bertz CT molecular complexity index is 947. The van der Waals surface area contributed by atoms with E-state index < -0.39 is 0 Å². The minimum atomic E-state index is 0. The van der Waals surface area contributed by atoms with Crippen LogP contribution in [0.5, 0.6) is 0 Å². The average Bonchev–Trinajstić information content (AvgIpc) is 3.13. The zero-order chi connectivity index (χ0) is 19.9. The first-order chi connectivity index (χ1) is 13.6. The highest BCUT2D eigenvalue weighted by Gasteiger charge is 2.08. The highest BCUT2D eigenvalue weighted by molar-refractivity contribution is 14.0. The lowest BCUT2D eigenvalue weighted by Gasteiger charge is -2.13. The van der Waals surface area contributed by atoms with Crippen molar-refractivity contribution in [3.8, 4) is 0 Å². The summed E-state index contributed by atoms with van der Waals surface area (Å²) in [7, 11) is 5.29. The first kappa shape index (κ1) is 22.7. The Labute approximate surface area is 188 Å². The van der Waals surface area contributed by atoms with E-state index in [4.69, 9.17) is 0 Å². The van der Waals surface area contributed by atoms with Gasteiger partial charge in [-0.05, 0) is 41.6 Å². The van der Waals surface area contributed by atoms with E-state index >= 15 is 0 Å². The molecule has 0 fully saturated rings. The molecule has 0 bridgehead atoms. The zero-order valence-electron chi connectivity index (χ0n) is 17.0. The lowest BCUT2D eigenvalue weighted by molar-refractivity contribution is 0.0827. The van der Waals surface area contributed by atoms with Gasteiger partial charge in [0.15, 0.2) is 5.96 Å². The maximum absolute atomic E-state index is 12.1. The van der Waals surface area contributed by atoms with Crippen LogP contribution in [-0.4, -0.2) is 49.4 Å². The summed E-state index contributed by atoms with van der Waals surface area (Å²) in [6, 6.07) is 18.1. The molecule has 1 amide bonds. The number of carbonyl (C=O) groups excluding carboxylic acids is 1. The molecule has 154 valence electrons. The third-order valence-electron chi connectivity index (χ3n) is 4.54. The molecule has 1 heterocycles. The molecule has 29 heavy (non-hydrogen) atoms. The molecule has 0 aliphatic rings. The number of aromatic nitrogens is 1. The Morgan fingerprint density at radius 2 is 1.86 bits per heavy atom. The Morgan fingerprint density at radius 1 is 1.07 bits per heavy atom. The van der Waals surface area contributed by atoms with Gasteiger partial charge < -0.3 is 20.5 Å². The molecule has 3 rings (SSSR count). The van der Waals surface area contributed by atoms with E-state index in [0.717, 1.165) is 35.7 Å². The van der Waals surface area contributed by atoms with Crippen molar-refractivity contribution < 1.29 is 4.79 Å². The normalized spacial score (nSPS) is 11.1. The molecule has 0 saturated heterocycles. The molecule has 6 nitrogen and oxygen atoms in total. The van der Waals surface area contributed by atoms with Gasteiger partial charge in [-0.2, -0.15) is 0 Å². The number of rotatable bonds is 6. The molecular weight excluding hydrogens is 477 g/mol. The van der Waals surface area contributed by atoms with Crippen molar-refractivity contribution in [2.24, 2.45) is 4.99 Å². The van der Waals surface area contributed by atoms with Crippen LogP contribution in [0, 0.1) is 0 Å². The smallest absolute Gasteiger partial charge is 0.253 e. The largest absolute Gasteiger partial charge is 0.357 e. The number of nitrogens with one attached hydrogen (secondary N) is 3. The lowest BCUT2D eigenvalue weighted by Crippen LogP contribution is -2.37. The summed E-state index contributed by atoms with van der Waals surface area (Å²) in [5, 5.41) is 7.85. The predicted molar refractivity (Wildman–Crippen MR) is 130 cm³/mol. The Balaban J connectivity index is 0.00000300. The molecule has 0 spiro atoms. The molecule has 0 aliphatic carbocycles. The number of H-pyrrole nitrogens is 1. The van der Waals surface area contributed by atoms with Crippen molar-refractivity contribution in [1.29, 1.82) is 0 Å². The van der Waals surface area contributed by atoms with Crippen LogP contribution >= 0.6 is 24.0 Å². The maximum Gasteiger partial charge on any atom is 0.253 e. The summed E-state index contributed by atoms with van der Waals surface area (Å²) in [5.41, 5.74) is 4.07. The van der Waals surface area contributed by atoms with Crippen LogP contribution in [0.1, 0.15) is 21.6 Å². The number of aliphatic imine (C=N–C) groups is 1. The SMILES string of the molecule is CN=C(NCCc1cccc(C(=O)N(C)C)c1)NCc1cc2ccccc2[nH]1.I. The Hall–Kier alpha value is -2.55. The van der Waals surface area contributed by atoms with E-state index in [1.807, 2.05) is 36.4 Å². The van der Waals surface area contributed by atoms with Crippen molar-refractivity contribution >= 4 is 46.7 Å². The first-order valence-electron chi connectivity index (χ1n) is 9.38. The van der Waals surface area contributed by atoms with Gasteiger partial charge in [0.05, 0.1) is 6.54 Å². The standard InChI is InChI=1S/C22H27N5O.HI/c1-23-22(25-15-19-14-17-8-4-5-10-20(17)26-19)24-12-11-16-7-6-9-18(13-16)21(28)27(2)3;/h4-10,13-14,26H,11-12,15H2,1-3H3,(H2,23,24,25);1H. The predicted octanol–water partition coefficient (Wildman–Crippen LogP) is 3.40. The maximum atomic E-state index is 12.1. The lowest BCUT2D eigenvalue weighted by atomic mass is 10.1. The third-order valence-corrected chi connectivity index (χ3v) is 4.54. The minimum Gasteiger partial charge on any atom is -0.357 e. The number of nitrogens with zero attached hydrogens (tertiary/aromatic N) is 2. The number of carbonyl (C=O) groups is 1. The third kappa shape index (κ3) is 6.22. The molecule has 2 aromatic carbocycles. The minimum absolute atomic E-state index is 0. The van der Waals surface area contributed by atoms with Gasteiger partial charge in [0, 0.05) is 44.5 Å². The number of aromatic amines is 1. The van der Waals surface area contributed by atoms with Gasteiger partial charge in [-0.3, -0.25) is 9.79 Å². The van der Waals surface area contributed by atoms with E-state index in [2.05, 4.69) is 38.8 Å². The molecule has 0 aliphatic heterocycles. The first-order valence-corrected chi connectivity index (χ1v) is 9.38. The van der Waals surface area contributed by atoms with Gasteiger partial charge in [0.25, 0.3) is 5.91 Å². The quantitative estimate of drug-likeness (QED) is 0.273. The van der Waals surface area contributed by atoms with Gasteiger partial charge in [0.1, 0.15) is 0 Å². The Morgan fingerprint density at radius 3 is 2.59 bits per heavy atom. The van der Waals surface area contributed by atoms with Crippen molar-refractivity contribution in [3.63, 3.8) is 0 Å². The number of amides is 1. The number of fused-ring (bicyclic) bond motifs is 1. The Kier molecular flexibility index (Phi) is 8.50. The molecule has 7 heteroatoms. The molecule has 0 saturated carbocycles. The fourth-order valence-electron chi connectivity index (χ4n) is 3.07. The molecule has 3 aromatic rings. The van der Waals surface area contributed by atoms with Gasteiger partial charge in [-0.1, -0.05) is 30.3 Å². The van der Waals surface area contributed by atoms with E-state index in [-0.39, 0.29) is 29.9 Å². The van der Waals surface area contributed by atoms with Crippen molar-refractivity contribution in [1.82, 2.24) is 20.5 Å². The fourth-order valence-corrected chi connectivity index (χ4v) is 3.07. The summed E-state index contributed by atoms with van der Waals surface area (Å²) in [5.74, 6) is 0.768. The number of guanidine groups is 1. The van der Waals surface area contributed by atoms with Crippen molar-refractivity contribution in [2.45, 2.75) is 13.0 Å². The molecule has 0 atom stereocenters. The van der Waals surface area contributed by atoms with Gasteiger partial charge in [-0.25, -0.2) is 0 Å².